The van der Waals surface area contributed by atoms with Crippen LogP contribution < -0.4 is 26.2 Å². The Balaban J connectivity index is 1.28. The van der Waals surface area contributed by atoms with E-state index in [0.29, 0.717) is 5.56 Å². The van der Waals surface area contributed by atoms with Crippen LogP contribution in [0.1, 0.15) is 139 Å². The number of anilines is 6. The Labute approximate surface area is 407 Å². The van der Waals surface area contributed by atoms with Crippen LogP contribution in [-0.2, 0) is 27.1 Å². The summed E-state index contributed by atoms with van der Waals surface area (Å²) in [5, 5.41) is 2.18. The van der Waals surface area contributed by atoms with Crippen molar-refractivity contribution in [2.45, 2.75) is 129 Å². The van der Waals surface area contributed by atoms with E-state index in [1.807, 2.05) is 6.07 Å². The van der Waals surface area contributed by atoms with Gasteiger partial charge in [0.1, 0.15) is 0 Å². The number of thiophene rings is 1. The van der Waals surface area contributed by atoms with Gasteiger partial charge >= 0.3 is 0 Å². The molecule has 4 heteroatoms. The molecule has 2 nitrogen and oxygen atoms in total. The van der Waals surface area contributed by atoms with Crippen molar-refractivity contribution in [3.05, 3.63) is 161 Å². The van der Waals surface area contributed by atoms with Gasteiger partial charge in [-0.2, -0.15) is 0 Å². The second-order valence-corrected chi connectivity index (χ2v) is 24.4. The predicted molar refractivity (Wildman–Crippen MR) is 288 cm³/mol. The molecule has 0 fully saturated rings. The molecule has 0 unspecified atom stereocenters. The van der Waals surface area contributed by atoms with Gasteiger partial charge in [-0.3, -0.25) is 0 Å². The third-order valence-electron chi connectivity index (χ3n) is 16.2. The van der Waals surface area contributed by atoms with Crippen LogP contribution in [0.3, 0.4) is 0 Å². The van der Waals surface area contributed by atoms with Gasteiger partial charge in [-0.1, -0.05) is 155 Å². The van der Waals surface area contributed by atoms with Gasteiger partial charge in [0.25, 0.3) is 6.71 Å². The normalized spacial score (nSPS) is 19.9. The summed E-state index contributed by atoms with van der Waals surface area (Å²) in [5.41, 5.74) is 15.6. The molecule has 0 atom stereocenters. The molecule has 0 radical (unpaired) electrons. The first kappa shape index (κ1) is 34.7. The maximum absolute atomic E-state index is 9.94. The molecule has 12 rings (SSSR count). The molecule has 0 spiro atoms. The quantitative estimate of drug-likeness (QED) is 0.163. The fourth-order valence-electron chi connectivity index (χ4n) is 11.9. The molecule has 2 aliphatic heterocycles. The standard InChI is InChI=1S/C62H63BN2S/c1-58(2,3)42-23-26-54-45(34-42)55-57(66-54)65(43-19-13-12-14-20-43)53-33-41(40-22-21-38-17-15-16-18-39(38)31-40)32-52-56(53)63(55)50-36-48-49(62(10,11)30-29-61(48,8)9)37-51(50)64(52)44-24-25-46-47(35-44)60(6,7)28-27-59(46,4)5/h12-26,31-37H,27-30H2,1-11H3/i15D,16D,17D,18D,21D,22D,31D. The zero-order valence-electron chi connectivity index (χ0n) is 47.4. The lowest BCUT2D eigenvalue weighted by Crippen LogP contribution is -2.61. The zero-order valence-corrected chi connectivity index (χ0v) is 41.2. The highest BCUT2D eigenvalue weighted by molar-refractivity contribution is 7.26. The van der Waals surface area contributed by atoms with Crippen molar-refractivity contribution in [2.75, 3.05) is 9.80 Å². The number of nitrogens with zero attached hydrogens (tertiary/aromatic N) is 2. The van der Waals surface area contributed by atoms with Gasteiger partial charge in [-0.05, 0) is 179 Å². The average molecular weight is 886 g/mol. The van der Waals surface area contributed by atoms with E-state index < -0.39 is 18.1 Å². The number of benzene rings is 7. The molecule has 0 N–H and O–H groups in total. The molecule has 8 aromatic rings. The Kier molecular flexibility index (Phi) is 7.35. The second kappa shape index (κ2) is 14.0. The van der Waals surface area contributed by atoms with Crippen LogP contribution in [0.25, 0.3) is 32.0 Å². The Morgan fingerprint density at radius 2 is 1.17 bits per heavy atom. The van der Waals surface area contributed by atoms with Gasteiger partial charge in [0.05, 0.1) is 14.6 Å². The highest BCUT2D eigenvalue weighted by Crippen LogP contribution is 2.54. The number of hydrogen-bond acceptors (Lipinski definition) is 3. The minimum absolute atomic E-state index is 0.00505. The lowest BCUT2D eigenvalue weighted by atomic mass is 9.33. The summed E-state index contributed by atoms with van der Waals surface area (Å²) in [5.74, 6) is 0. The van der Waals surface area contributed by atoms with Gasteiger partial charge in [0.15, 0.2) is 0 Å². The summed E-state index contributed by atoms with van der Waals surface area (Å²) in [6.07, 6.45) is 4.28. The van der Waals surface area contributed by atoms with Crippen LogP contribution in [0.2, 0.25) is 0 Å². The van der Waals surface area contributed by atoms with E-state index in [-0.39, 0.29) is 74.3 Å². The van der Waals surface area contributed by atoms with E-state index in [9.17, 15) is 4.11 Å². The van der Waals surface area contributed by atoms with E-state index >= 15 is 0 Å². The van der Waals surface area contributed by atoms with Gasteiger partial charge in [-0.15, -0.1) is 11.3 Å². The fraction of sp³-hybridized carbons (Fsp3) is 0.323. The highest BCUT2D eigenvalue weighted by atomic mass is 32.1. The van der Waals surface area contributed by atoms with Crippen molar-refractivity contribution < 1.29 is 9.60 Å². The molecule has 0 bridgehead atoms. The maximum Gasteiger partial charge on any atom is 0.254 e. The monoisotopic (exact) mass is 886 g/mol. The summed E-state index contributed by atoms with van der Waals surface area (Å²) in [4.78, 5) is 4.85. The first-order valence-electron chi connectivity index (χ1n) is 27.5. The number of para-hydroxylation sites is 1. The first-order valence-corrected chi connectivity index (χ1v) is 24.8. The largest absolute Gasteiger partial charge is 0.311 e. The van der Waals surface area contributed by atoms with Crippen molar-refractivity contribution in [3.63, 3.8) is 0 Å². The summed E-state index contributed by atoms with van der Waals surface area (Å²) >= 11 is 1.79. The topological polar surface area (TPSA) is 6.48 Å². The second-order valence-electron chi connectivity index (χ2n) is 23.4. The van der Waals surface area contributed by atoms with Crippen LogP contribution in [0, 0.1) is 0 Å². The third-order valence-corrected chi connectivity index (χ3v) is 17.3. The van der Waals surface area contributed by atoms with E-state index in [4.69, 9.17) is 5.48 Å². The van der Waals surface area contributed by atoms with Gasteiger partial charge < -0.3 is 9.80 Å². The maximum atomic E-state index is 9.94. The first-order chi connectivity index (χ1) is 34.2. The van der Waals surface area contributed by atoms with Crippen LogP contribution >= 0.6 is 11.3 Å². The fourth-order valence-corrected chi connectivity index (χ4v) is 13.2. The third kappa shape index (κ3) is 6.19. The minimum Gasteiger partial charge on any atom is -0.311 e. The molecule has 330 valence electrons. The van der Waals surface area contributed by atoms with Gasteiger partial charge in [0, 0.05) is 33.1 Å². The molecular formula is C62H63BN2S. The molecular weight excluding hydrogens is 816 g/mol. The van der Waals surface area contributed by atoms with E-state index in [2.05, 4.69) is 171 Å². The summed E-state index contributed by atoms with van der Waals surface area (Å²) in [7, 11) is 0. The molecule has 2 aliphatic carbocycles. The van der Waals surface area contributed by atoms with Crippen molar-refractivity contribution in [1.82, 2.24) is 0 Å². The predicted octanol–water partition coefficient (Wildman–Crippen LogP) is 15.8. The summed E-state index contributed by atoms with van der Waals surface area (Å²) < 4.78 is 65.6. The van der Waals surface area contributed by atoms with E-state index in [1.165, 1.54) is 48.8 Å². The van der Waals surface area contributed by atoms with E-state index in [1.54, 1.807) is 11.3 Å². The number of fused-ring (bicyclic) bond motifs is 9. The Bertz CT molecular complexity index is 3730. The van der Waals surface area contributed by atoms with Crippen molar-refractivity contribution in [3.8, 4) is 11.1 Å². The molecule has 0 saturated heterocycles. The molecule has 1 aromatic heterocycles. The van der Waals surface area contributed by atoms with Gasteiger partial charge in [-0.25, -0.2) is 0 Å². The lowest BCUT2D eigenvalue weighted by Gasteiger charge is -2.47. The highest BCUT2D eigenvalue weighted by Gasteiger charge is 2.48. The molecule has 7 aromatic carbocycles. The van der Waals surface area contributed by atoms with Crippen LogP contribution in [0.4, 0.5) is 33.4 Å². The Morgan fingerprint density at radius 1 is 0.545 bits per heavy atom. The van der Waals surface area contributed by atoms with E-state index in [0.717, 1.165) is 64.6 Å². The minimum atomic E-state index is -0.478. The van der Waals surface area contributed by atoms with Gasteiger partial charge in [0.2, 0.25) is 0 Å². The molecule has 3 heterocycles. The summed E-state index contributed by atoms with van der Waals surface area (Å²) in [6.45, 7) is 25.7. The van der Waals surface area contributed by atoms with Crippen LogP contribution in [0.5, 0.6) is 0 Å². The van der Waals surface area contributed by atoms with Crippen molar-refractivity contribution in [1.29, 1.82) is 0 Å². The Morgan fingerprint density at radius 3 is 1.85 bits per heavy atom. The molecule has 0 saturated carbocycles. The summed E-state index contributed by atoms with van der Waals surface area (Å²) in [6, 6.07) is 31.4. The van der Waals surface area contributed by atoms with Crippen molar-refractivity contribution >= 4 is 88.7 Å². The number of hydrogen-bond donors (Lipinski definition) is 0. The number of rotatable bonds is 3. The molecule has 0 amide bonds. The lowest BCUT2D eigenvalue weighted by molar-refractivity contribution is 0.332. The molecule has 66 heavy (non-hydrogen) atoms. The smallest absolute Gasteiger partial charge is 0.254 e. The molecule has 4 aliphatic rings. The SMILES string of the molecule is [2H]c1c([2H])c([2H])c2c([2H])c(-c3cc4c5c(c3)N(c3ccccc3)c3sc6ccc(C(C)(C)C)cc6c3B5c3cc5c(cc3N4c3ccc4c(c3)C(C)(C)CCC4(C)C)C(C)(C)CCC5(C)C)c([2H])c([2H])c2c1[2H]. The van der Waals surface area contributed by atoms with Crippen molar-refractivity contribution in [2.24, 2.45) is 0 Å². The average Bonchev–Trinajstić information content (AvgIpc) is 3.72. The Hall–Kier alpha value is -5.58. The van der Waals surface area contributed by atoms with Crippen LogP contribution in [0.15, 0.2) is 133 Å². The van der Waals surface area contributed by atoms with Crippen LogP contribution in [-0.4, -0.2) is 6.71 Å². The zero-order chi connectivity index (χ0) is 52.0.